The van der Waals surface area contributed by atoms with E-state index in [1.54, 1.807) is 5.38 Å². The van der Waals surface area contributed by atoms with Gasteiger partial charge in [-0.2, -0.15) is 13.2 Å². The second kappa shape index (κ2) is 6.45. The average molecular weight is 330 g/mol. The summed E-state index contributed by atoms with van der Waals surface area (Å²) in [5.41, 5.74) is 0.536. The maximum atomic E-state index is 12.5. The topological polar surface area (TPSA) is 62.2 Å². The number of nitrogens with zero attached hydrogens (tertiary/aromatic N) is 1. The Labute approximate surface area is 128 Å². The SMILES string of the molecule is CC(NCc1csc(-c2ccc(C(F)(F)F)cc2)n1)C(=O)O. The van der Waals surface area contributed by atoms with E-state index in [2.05, 4.69) is 10.3 Å². The summed E-state index contributed by atoms with van der Waals surface area (Å²) in [7, 11) is 0. The highest BCUT2D eigenvalue weighted by atomic mass is 32.1. The summed E-state index contributed by atoms with van der Waals surface area (Å²) >= 11 is 1.30. The first-order valence-corrected chi connectivity index (χ1v) is 7.23. The van der Waals surface area contributed by atoms with Gasteiger partial charge >= 0.3 is 12.1 Å². The fraction of sp³-hybridized carbons (Fsp3) is 0.286. The largest absolute Gasteiger partial charge is 0.480 e. The lowest BCUT2D eigenvalue weighted by Gasteiger charge is -2.07. The Hall–Kier alpha value is -1.93. The van der Waals surface area contributed by atoms with Crippen LogP contribution in [0, 0.1) is 0 Å². The molecule has 2 rings (SSSR count). The van der Waals surface area contributed by atoms with Crippen molar-refractivity contribution in [2.45, 2.75) is 25.7 Å². The molecule has 1 aromatic carbocycles. The molecule has 1 heterocycles. The van der Waals surface area contributed by atoms with E-state index in [0.717, 1.165) is 12.1 Å². The van der Waals surface area contributed by atoms with Crippen LogP contribution in [0.5, 0.6) is 0 Å². The Bertz CT molecular complexity index is 653. The highest BCUT2D eigenvalue weighted by molar-refractivity contribution is 7.13. The molecular weight excluding hydrogens is 317 g/mol. The number of carbonyl (C=O) groups is 1. The Kier molecular flexibility index (Phi) is 4.82. The molecule has 1 atom stereocenters. The standard InChI is InChI=1S/C14H13F3N2O2S/c1-8(13(20)21)18-6-11-7-22-12(19-11)9-2-4-10(5-3-9)14(15,16)17/h2-5,7-8,18H,6H2,1H3,(H,20,21). The second-order valence-electron chi connectivity index (χ2n) is 4.66. The zero-order chi connectivity index (χ0) is 16.3. The van der Waals surface area contributed by atoms with Gasteiger partial charge in [-0.05, 0) is 19.1 Å². The zero-order valence-corrected chi connectivity index (χ0v) is 12.3. The zero-order valence-electron chi connectivity index (χ0n) is 11.5. The molecule has 0 fully saturated rings. The van der Waals surface area contributed by atoms with Gasteiger partial charge < -0.3 is 5.11 Å². The maximum absolute atomic E-state index is 12.5. The van der Waals surface area contributed by atoms with Crippen molar-refractivity contribution in [2.24, 2.45) is 0 Å². The first-order valence-electron chi connectivity index (χ1n) is 6.35. The maximum Gasteiger partial charge on any atom is 0.416 e. The highest BCUT2D eigenvalue weighted by Crippen LogP contribution is 2.31. The van der Waals surface area contributed by atoms with E-state index in [1.807, 2.05) is 0 Å². The molecule has 0 aliphatic heterocycles. The first kappa shape index (κ1) is 16.4. The Morgan fingerprint density at radius 2 is 2.00 bits per heavy atom. The monoisotopic (exact) mass is 330 g/mol. The fourth-order valence-electron chi connectivity index (χ4n) is 1.67. The molecule has 118 valence electrons. The Morgan fingerprint density at radius 3 is 2.55 bits per heavy atom. The van der Waals surface area contributed by atoms with Gasteiger partial charge in [-0.1, -0.05) is 12.1 Å². The Morgan fingerprint density at radius 1 is 1.36 bits per heavy atom. The molecule has 0 saturated heterocycles. The summed E-state index contributed by atoms with van der Waals surface area (Å²) in [5, 5.41) is 13.9. The quantitative estimate of drug-likeness (QED) is 0.882. The molecule has 4 nitrogen and oxygen atoms in total. The predicted molar refractivity (Wildman–Crippen MR) is 76.5 cm³/mol. The number of benzene rings is 1. The van der Waals surface area contributed by atoms with Crippen LogP contribution in [0.25, 0.3) is 10.6 Å². The molecule has 0 saturated carbocycles. The van der Waals surface area contributed by atoms with Gasteiger partial charge in [0.15, 0.2) is 0 Å². The third kappa shape index (κ3) is 4.05. The number of thiazole rings is 1. The molecule has 22 heavy (non-hydrogen) atoms. The molecule has 0 aliphatic carbocycles. The molecular formula is C14H13F3N2O2S. The van der Waals surface area contributed by atoms with Gasteiger partial charge in [-0.3, -0.25) is 10.1 Å². The van der Waals surface area contributed by atoms with Crippen molar-refractivity contribution in [2.75, 3.05) is 0 Å². The van der Waals surface area contributed by atoms with E-state index in [1.165, 1.54) is 30.4 Å². The number of hydrogen-bond donors (Lipinski definition) is 2. The molecule has 8 heteroatoms. The first-order chi connectivity index (χ1) is 10.3. The van der Waals surface area contributed by atoms with Crippen LogP contribution in [0.1, 0.15) is 18.2 Å². The van der Waals surface area contributed by atoms with Crippen molar-refractivity contribution < 1.29 is 23.1 Å². The summed E-state index contributed by atoms with van der Waals surface area (Å²) in [4.78, 5) is 15.0. The van der Waals surface area contributed by atoms with Crippen LogP contribution in [0.4, 0.5) is 13.2 Å². The number of carboxylic acids is 1. The molecule has 0 bridgehead atoms. The van der Waals surface area contributed by atoms with Crippen LogP contribution in [-0.4, -0.2) is 22.1 Å². The third-order valence-electron chi connectivity index (χ3n) is 2.97. The summed E-state index contributed by atoms with van der Waals surface area (Å²) in [6, 6.07) is 4.08. The van der Waals surface area contributed by atoms with Crippen molar-refractivity contribution in [1.29, 1.82) is 0 Å². The minimum atomic E-state index is -4.36. The van der Waals surface area contributed by atoms with Gasteiger partial charge in [0, 0.05) is 17.5 Å². The number of aromatic nitrogens is 1. The highest BCUT2D eigenvalue weighted by Gasteiger charge is 2.30. The number of rotatable bonds is 5. The lowest BCUT2D eigenvalue weighted by molar-refractivity contribution is -0.139. The van der Waals surface area contributed by atoms with E-state index >= 15 is 0 Å². The van der Waals surface area contributed by atoms with Crippen molar-refractivity contribution in [3.05, 3.63) is 40.9 Å². The van der Waals surface area contributed by atoms with Crippen LogP contribution in [0.15, 0.2) is 29.6 Å². The van der Waals surface area contributed by atoms with Crippen molar-refractivity contribution >= 4 is 17.3 Å². The number of aliphatic carboxylic acids is 1. The lowest BCUT2D eigenvalue weighted by Crippen LogP contribution is -2.33. The normalized spacial score (nSPS) is 13.1. The van der Waals surface area contributed by atoms with Crippen LogP contribution in [0.3, 0.4) is 0 Å². The van der Waals surface area contributed by atoms with Gasteiger partial charge in [0.05, 0.1) is 11.3 Å². The van der Waals surface area contributed by atoms with Crippen molar-refractivity contribution in [3.63, 3.8) is 0 Å². The molecule has 0 amide bonds. The van der Waals surface area contributed by atoms with Crippen molar-refractivity contribution in [1.82, 2.24) is 10.3 Å². The van der Waals surface area contributed by atoms with Gasteiger partial charge in [-0.25, -0.2) is 4.98 Å². The molecule has 0 aliphatic rings. The van der Waals surface area contributed by atoms with E-state index in [9.17, 15) is 18.0 Å². The van der Waals surface area contributed by atoms with Gasteiger partial charge in [0.2, 0.25) is 0 Å². The Balaban J connectivity index is 2.06. The number of hydrogen-bond acceptors (Lipinski definition) is 4. The van der Waals surface area contributed by atoms with Gasteiger partial charge in [0.1, 0.15) is 11.0 Å². The number of alkyl halides is 3. The van der Waals surface area contributed by atoms with Gasteiger partial charge in [-0.15, -0.1) is 11.3 Å². The van der Waals surface area contributed by atoms with E-state index in [0.29, 0.717) is 16.3 Å². The number of carboxylic acid groups (broad SMARTS) is 1. The molecule has 2 aromatic rings. The van der Waals surface area contributed by atoms with Gasteiger partial charge in [0.25, 0.3) is 0 Å². The molecule has 1 unspecified atom stereocenters. The smallest absolute Gasteiger partial charge is 0.416 e. The van der Waals surface area contributed by atoms with Crippen molar-refractivity contribution in [3.8, 4) is 10.6 Å². The fourth-order valence-corrected chi connectivity index (χ4v) is 2.49. The molecule has 1 aromatic heterocycles. The van der Waals surface area contributed by atoms with Crippen LogP contribution < -0.4 is 5.32 Å². The van der Waals surface area contributed by atoms with E-state index < -0.39 is 23.8 Å². The molecule has 0 spiro atoms. The number of halogens is 3. The van der Waals surface area contributed by atoms with Crippen LogP contribution >= 0.6 is 11.3 Å². The molecule has 0 radical (unpaired) electrons. The minimum Gasteiger partial charge on any atom is -0.480 e. The molecule has 2 N–H and O–H groups in total. The summed E-state index contributed by atoms with van der Waals surface area (Å²) in [6.45, 7) is 1.80. The predicted octanol–water partition coefficient (Wildman–Crippen LogP) is 3.39. The van der Waals surface area contributed by atoms with E-state index in [4.69, 9.17) is 5.11 Å². The van der Waals surface area contributed by atoms with Crippen LogP contribution in [0.2, 0.25) is 0 Å². The number of nitrogens with one attached hydrogen (secondary N) is 1. The average Bonchev–Trinajstić information content (AvgIpc) is 2.92. The summed E-state index contributed by atoms with van der Waals surface area (Å²) < 4.78 is 37.5. The third-order valence-corrected chi connectivity index (χ3v) is 3.91. The minimum absolute atomic E-state index is 0.282. The lowest BCUT2D eigenvalue weighted by atomic mass is 10.1. The van der Waals surface area contributed by atoms with Crippen LogP contribution in [-0.2, 0) is 17.5 Å². The second-order valence-corrected chi connectivity index (χ2v) is 5.52. The summed E-state index contributed by atoms with van der Waals surface area (Å²) in [5.74, 6) is -0.960. The van der Waals surface area contributed by atoms with E-state index in [-0.39, 0.29) is 6.54 Å². The summed E-state index contributed by atoms with van der Waals surface area (Å²) in [6.07, 6.45) is -4.36.